The molecular weight excluding hydrogens is 248 g/mol. The molecule has 1 N–H and O–H groups in total. The smallest absolute Gasteiger partial charge is 0.103 e. The highest BCUT2D eigenvalue weighted by Gasteiger charge is 2.30. The first-order chi connectivity index (χ1) is 9.88. The number of nitrogens with zero attached hydrogens (tertiary/aromatic N) is 1. The predicted molar refractivity (Wildman–Crippen MR) is 79.8 cm³/mol. The van der Waals surface area contributed by atoms with Crippen LogP contribution in [-0.2, 0) is 12.8 Å². The number of likely N-dealkylation sites (N-methyl/N-ethyl adjacent to an activating group) is 1. The van der Waals surface area contributed by atoms with Crippen LogP contribution in [0.3, 0.4) is 0 Å². The number of hydrogen-bond donors (Lipinski definition) is 1. The normalized spacial score (nSPS) is 18.9. The van der Waals surface area contributed by atoms with Crippen molar-refractivity contribution >= 4 is 0 Å². The lowest BCUT2D eigenvalue weighted by Gasteiger charge is -2.24. The quantitative estimate of drug-likeness (QED) is 0.875. The molecule has 0 fully saturated rings. The highest BCUT2D eigenvalue weighted by molar-refractivity contribution is 5.30. The van der Waals surface area contributed by atoms with Crippen LogP contribution < -0.4 is 5.32 Å². The van der Waals surface area contributed by atoms with E-state index >= 15 is 0 Å². The predicted octanol–water partition coefficient (Wildman–Crippen LogP) is 3.32. The van der Waals surface area contributed by atoms with Crippen molar-refractivity contribution in [2.75, 3.05) is 6.54 Å². The molecule has 2 aromatic rings. The van der Waals surface area contributed by atoms with Crippen LogP contribution in [0.2, 0.25) is 0 Å². The molecule has 3 rings (SSSR count). The molecule has 0 bridgehead atoms. The van der Waals surface area contributed by atoms with E-state index < -0.39 is 0 Å². The van der Waals surface area contributed by atoms with Gasteiger partial charge in [0.1, 0.15) is 5.76 Å². The van der Waals surface area contributed by atoms with Crippen LogP contribution in [0, 0.1) is 0 Å². The first kappa shape index (κ1) is 13.4. The molecule has 0 radical (unpaired) electrons. The maximum Gasteiger partial charge on any atom is 0.103 e. The van der Waals surface area contributed by atoms with Crippen molar-refractivity contribution in [3.63, 3.8) is 0 Å². The van der Waals surface area contributed by atoms with E-state index in [0.29, 0.717) is 12.0 Å². The van der Waals surface area contributed by atoms with Gasteiger partial charge < -0.3 is 9.73 Å². The Hall–Kier alpha value is -1.61. The Labute approximate surface area is 120 Å². The van der Waals surface area contributed by atoms with Crippen LogP contribution in [0.4, 0.5) is 0 Å². The Morgan fingerprint density at radius 3 is 3.15 bits per heavy atom. The van der Waals surface area contributed by atoms with Crippen molar-refractivity contribution in [1.82, 2.24) is 10.3 Å². The second kappa shape index (κ2) is 6.23. The van der Waals surface area contributed by atoms with Crippen molar-refractivity contribution in [3.05, 3.63) is 53.7 Å². The number of rotatable bonds is 6. The van der Waals surface area contributed by atoms with Gasteiger partial charge in [-0.15, -0.1) is 0 Å². The minimum Gasteiger partial charge on any atom is -0.469 e. The van der Waals surface area contributed by atoms with Gasteiger partial charge in [-0.25, -0.2) is 0 Å². The van der Waals surface area contributed by atoms with E-state index in [9.17, 15) is 0 Å². The molecule has 0 amide bonds. The van der Waals surface area contributed by atoms with Crippen LogP contribution >= 0.6 is 0 Å². The van der Waals surface area contributed by atoms with E-state index in [4.69, 9.17) is 4.42 Å². The fourth-order valence-electron chi connectivity index (χ4n) is 3.30. The third-order valence-electron chi connectivity index (χ3n) is 4.24. The highest BCUT2D eigenvalue weighted by Crippen LogP contribution is 2.35. The summed E-state index contributed by atoms with van der Waals surface area (Å²) in [5.74, 6) is 1.62. The topological polar surface area (TPSA) is 38.1 Å². The van der Waals surface area contributed by atoms with Crippen molar-refractivity contribution in [2.24, 2.45) is 0 Å². The maximum absolute atomic E-state index is 5.45. The number of pyridine rings is 1. The second-order valence-electron chi connectivity index (χ2n) is 5.48. The van der Waals surface area contributed by atoms with Crippen molar-refractivity contribution in [3.8, 4) is 0 Å². The molecule has 0 aliphatic heterocycles. The van der Waals surface area contributed by atoms with E-state index in [2.05, 4.69) is 29.4 Å². The van der Waals surface area contributed by atoms with E-state index in [-0.39, 0.29) is 0 Å². The lowest BCUT2D eigenvalue weighted by atomic mass is 9.92. The standard InChI is InChI=1S/C17H22N2O/c1-2-18-16(10-8-14-6-4-12-20-14)15-9-7-13-5-3-11-19-17(13)15/h3-6,11-12,15-16,18H,2,7-10H2,1H3. The largest absolute Gasteiger partial charge is 0.469 e. The Kier molecular flexibility index (Phi) is 4.16. The molecular formula is C17H22N2O. The Morgan fingerprint density at radius 2 is 2.35 bits per heavy atom. The van der Waals surface area contributed by atoms with Crippen LogP contribution in [-0.4, -0.2) is 17.6 Å². The van der Waals surface area contributed by atoms with Crippen LogP contribution in [0.1, 0.15) is 42.7 Å². The van der Waals surface area contributed by atoms with Crippen molar-refractivity contribution < 1.29 is 4.42 Å². The summed E-state index contributed by atoms with van der Waals surface area (Å²) in [5.41, 5.74) is 2.73. The molecule has 2 heterocycles. The van der Waals surface area contributed by atoms with Gasteiger partial charge in [0, 0.05) is 30.3 Å². The maximum atomic E-state index is 5.45. The molecule has 3 heteroatoms. The summed E-state index contributed by atoms with van der Waals surface area (Å²) < 4.78 is 5.45. The van der Waals surface area contributed by atoms with Gasteiger partial charge in [-0.2, -0.15) is 0 Å². The van der Waals surface area contributed by atoms with Gasteiger partial charge in [0.05, 0.1) is 6.26 Å². The first-order valence-electron chi connectivity index (χ1n) is 7.58. The summed E-state index contributed by atoms with van der Waals surface area (Å²) in [4.78, 5) is 4.63. The zero-order valence-corrected chi connectivity index (χ0v) is 12.0. The van der Waals surface area contributed by atoms with E-state index in [0.717, 1.165) is 31.6 Å². The van der Waals surface area contributed by atoms with Gasteiger partial charge in [-0.05, 0) is 49.6 Å². The molecule has 2 unspecified atom stereocenters. The molecule has 1 aliphatic carbocycles. The molecule has 0 saturated heterocycles. The number of fused-ring (bicyclic) bond motifs is 1. The van der Waals surface area contributed by atoms with Gasteiger partial charge in [0.2, 0.25) is 0 Å². The summed E-state index contributed by atoms with van der Waals surface area (Å²) in [6, 6.07) is 8.78. The van der Waals surface area contributed by atoms with E-state index in [1.54, 1.807) is 6.26 Å². The fourth-order valence-corrected chi connectivity index (χ4v) is 3.30. The minimum absolute atomic E-state index is 0.487. The van der Waals surface area contributed by atoms with Gasteiger partial charge in [0.25, 0.3) is 0 Å². The van der Waals surface area contributed by atoms with Gasteiger partial charge >= 0.3 is 0 Å². The average molecular weight is 270 g/mol. The van der Waals surface area contributed by atoms with Crippen LogP contribution in [0.15, 0.2) is 41.1 Å². The summed E-state index contributed by atoms with van der Waals surface area (Å²) >= 11 is 0. The van der Waals surface area contributed by atoms with Crippen molar-refractivity contribution in [1.29, 1.82) is 0 Å². The SMILES string of the molecule is CCNC(CCc1ccco1)C1CCc2cccnc21. The average Bonchev–Trinajstić information content (AvgIpc) is 3.13. The molecule has 1 aliphatic rings. The molecule has 3 nitrogen and oxygen atoms in total. The monoisotopic (exact) mass is 270 g/mol. The third kappa shape index (κ3) is 2.78. The summed E-state index contributed by atoms with van der Waals surface area (Å²) in [6.07, 6.45) is 8.14. The van der Waals surface area contributed by atoms with Gasteiger partial charge in [0.15, 0.2) is 0 Å². The minimum atomic E-state index is 0.487. The lowest BCUT2D eigenvalue weighted by Crippen LogP contribution is -2.34. The number of aromatic nitrogens is 1. The molecule has 0 spiro atoms. The summed E-state index contributed by atoms with van der Waals surface area (Å²) in [6.45, 7) is 3.18. The molecule has 106 valence electrons. The molecule has 0 aromatic carbocycles. The fraction of sp³-hybridized carbons (Fsp3) is 0.471. The zero-order chi connectivity index (χ0) is 13.8. The zero-order valence-electron chi connectivity index (χ0n) is 12.0. The Bertz CT molecular complexity index is 536. The van der Waals surface area contributed by atoms with Crippen molar-refractivity contribution in [2.45, 2.75) is 44.6 Å². The molecule has 2 atom stereocenters. The molecule has 2 aromatic heterocycles. The highest BCUT2D eigenvalue weighted by atomic mass is 16.3. The van der Waals surface area contributed by atoms with Gasteiger partial charge in [-0.3, -0.25) is 4.98 Å². The number of hydrogen-bond acceptors (Lipinski definition) is 3. The number of aryl methyl sites for hydroxylation is 2. The number of furan rings is 1. The number of nitrogens with one attached hydrogen (secondary N) is 1. The third-order valence-corrected chi connectivity index (χ3v) is 4.24. The summed E-state index contributed by atoms with van der Waals surface area (Å²) in [5, 5.41) is 3.65. The summed E-state index contributed by atoms with van der Waals surface area (Å²) in [7, 11) is 0. The van der Waals surface area contributed by atoms with Crippen LogP contribution in [0.25, 0.3) is 0 Å². The lowest BCUT2D eigenvalue weighted by molar-refractivity contribution is 0.392. The molecule has 20 heavy (non-hydrogen) atoms. The Morgan fingerprint density at radius 1 is 1.40 bits per heavy atom. The second-order valence-corrected chi connectivity index (χ2v) is 5.48. The van der Waals surface area contributed by atoms with Gasteiger partial charge in [-0.1, -0.05) is 13.0 Å². The molecule has 0 saturated carbocycles. The van der Waals surface area contributed by atoms with E-state index in [1.165, 1.54) is 17.7 Å². The Balaban J connectivity index is 1.71. The first-order valence-corrected chi connectivity index (χ1v) is 7.58. The van der Waals surface area contributed by atoms with E-state index in [1.807, 2.05) is 18.3 Å². The van der Waals surface area contributed by atoms with Crippen LogP contribution in [0.5, 0.6) is 0 Å².